The van der Waals surface area contributed by atoms with Gasteiger partial charge in [-0.25, -0.2) is 0 Å². The van der Waals surface area contributed by atoms with Gasteiger partial charge in [-0.3, -0.25) is 9.00 Å². The van der Waals surface area contributed by atoms with Gasteiger partial charge in [0, 0.05) is 41.5 Å². The van der Waals surface area contributed by atoms with Crippen LogP contribution in [-0.2, 0) is 15.6 Å². The molecule has 1 aromatic carbocycles. The molecule has 1 fully saturated rings. The first-order valence-electron chi connectivity index (χ1n) is 7.17. The van der Waals surface area contributed by atoms with Gasteiger partial charge in [0.2, 0.25) is 0 Å². The monoisotopic (exact) mass is 400 g/mol. The van der Waals surface area contributed by atoms with Gasteiger partial charge in [0.25, 0.3) is 5.91 Å². The number of ether oxygens (including phenoxy) is 2. The molecular formula is C15H17BrN2O4S. The summed E-state index contributed by atoms with van der Waals surface area (Å²) in [5.74, 6) is 1.69. The second kappa shape index (κ2) is 8.31. The molecule has 0 spiro atoms. The van der Waals surface area contributed by atoms with Crippen LogP contribution in [-0.4, -0.2) is 52.8 Å². The smallest absolute Gasteiger partial charge is 0.260 e. The molecule has 1 aliphatic heterocycles. The molecule has 1 saturated heterocycles. The number of nitriles is 1. The van der Waals surface area contributed by atoms with Crippen molar-refractivity contribution in [2.75, 3.05) is 37.8 Å². The lowest BCUT2D eigenvalue weighted by molar-refractivity contribution is -0.133. The molecule has 1 aliphatic rings. The largest absolute Gasteiger partial charge is 0.490 e. The lowest BCUT2D eigenvalue weighted by Gasteiger charge is -2.26. The van der Waals surface area contributed by atoms with E-state index in [-0.39, 0.29) is 12.5 Å². The molecule has 1 amide bonds. The number of benzene rings is 1. The van der Waals surface area contributed by atoms with Crippen molar-refractivity contribution in [1.29, 1.82) is 5.26 Å². The van der Waals surface area contributed by atoms with E-state index in [0.717, 1.165) is 0 Å². The van der Waals surface area contributed by atoms with E-state index in [2.05, 4.69) is 15.9 Å². The first-order chi connectivity index (χ1) is 11.0. The molecular weight excluding hydrogens is 384 g/mol. The zero-order valence-electron chi connectivity index (χ0n) is 12.7. The van der Waals surface area contributed by atoms with Crippen LogP contribution < -0.4 is 9.47 Å². The Balaban J connectivity index is 2.06. The molecule has 0 atom stereocenters. The van der Waals surface area contributed by atoms with Gasteiger partial charge in [-0.15, -0.1) is 0 Å². The van der Waals surface area contributed by atoms with E-state index in [1.165, 1.54) is 0 Å². The Morgan fingerprint density at radius 2 is 2.09 bits per heavy atom. The number of carbonyl (C=O) groups is 1. The van der Waals surface area contributed by atoms with Crippen LogP contribution in [0.2, 0.25) is 0 Å². The van der Waals surface area contributed by atoms with Gasteiger partial charge < -0.3 is 14.4 Å². The first kappa shape index (κ1) is 17.8. The van der Waals surface area contributed by atoms with Crippen molar-refractivity contribution in [2.45, 2.75) is 6.92 Å². The number of hydrogen-bond donors (Lipinski definition) is 0. The zero-order chi connectivity index (χ0) is 16.8. The minimum atomic E-state index is -0.824. The van der Waals surface area contributed by atoms with Crippen LogP contribution in [0.3, 0.4) is 0 Å². The van der Waals surface area contributed by atoms with Crippen LogP contribution in [0.4, 0.5) is 0 Å². The second-order valence-electron chi connectivity index (χ2n) is 4.85. The van der Waals surface area contributed by atoms with Gasteiger partial charge in [0.15, 0.2) is 18.1 Å². The quantitative estimate of drug-likeness (QED) is 0.750. The summed E-state index contributed by atoms with van der Waals surface area (Å²) in [6, 6.07) is 5.24. The fraction of sp³-hybridized carbons (Fsp3) is 0.467. The van der Waals surface area contributed by atoms with Gasteiger partial charge in [-0.1, -0.05) is 0 Å². The summed E-state index contributed by atoms with van der Waals surface area (Å²) in [7, 11) is -0.824. The normalized spacial score (nSPS) is 15.1. The average molecular weight is 401 g/mol. The topological polar surface area (TPSA) is 79.6 Å². The van der Waals surface area contributed by atoms with Gasteiger partial charge in [-0.2, -0.15) is 5.26 Å². The van der Waals surface area contributed by atoms with Crippen LogP contribution in [0, 0.1) is 11.3 Å². The van der Waals surface area contributed by atoms with Crippen molar-refractivity contribution >= 4 is 32.6 Å². The van der Waals surface area contributed by atoms with Gasteiger partial charge in [0.1, 0.15) is 0 Å². The number of carbonyl (C=O) groups excluding carboxylic acids is 1. The minimum absolute atomic E-state index is 0.128. The molecule has 0 unspecified atom stereocenters. The molecule has 0 aliphatic carbocycles. The Labute approximate surface area is 145 Å². The Morgan fingerprint density at radius 1 is 1.39 bits per heavy atom. The van der Waals surface area contributed by atoms with Crippen LogP contribution in [0.15, 0.2) is 16.6 Å². The summed E-state index contributed by atoms with van der Waals surface area (Å²) in [5, 5.41) is 9.00. The average Bonchev–Trinajstić information content (AvgIpc) is 2.54. The SMILES string of the molecule is CCOc1cc(C#N)cc(Br)c1OCC(=O)N1CCS(=O)CC1. The van der Waals surface area contributed by atoms with Crippen LogP contribution in [0.25, 0.3) is 0 Å². The van der Waals surface area contributed by atoms with E-state index in [1.54, 1.807) is 17.0 Å². The van der Waals surface area contributed by atoms with E-state index < -0.39 is 10.8 Å². The van der Waals surface area contributed by atoms with E-state index in [0.29, 0.717) is 52.7 Å². The summed E-state index contributed by atoms with van der Waals surface area (Å²) in [6.45, 7) is 3.10. The molecule has 1 heterocycles. The summed E-state index contributed by atoms with van der Waals surface area (Å²) in [6.07, 6.45) is 0. The number of halogens is 1. The summed E-state index contributed by atoms with van der Waals surface area (Å²) in [5.41, 5.74) is 0.442. The van der Waals surface area contributed by atoms with E-state index >= 15 is 0 Å². The van der Waals surface area contributed by atoms with Crippen LogP contribution >= 0.6 is 15.9 Å². The van der Waals surface area contributed by atoms with Gasteiger partial charge in [0.05, 0.1) is 22.7 Å². The van der Waals surface area contributed by atoms with Crippen molar-refractivity contribution < 1.29 is 18.5 Å². The van der Waals surface area contributed by atoms with Crippen LogP contribution in [0.5, 0.6) is 11.5 Å². The number of hydrogen-bond acceptors (Lipinski definition) is 5. The molecule has 23 heavy (non-hydrogen) atoms. The molecule has 2 rings (SSSR count). The molecule has 0 radical (unpaired) electrons. The summed E-state index contributed by atoms with van der Waals surface area (Å²) < 4.78 is 23.0. The molecule has 0 aromatic heterocycles. The van der Waals surface area contributed by atoms with Crippen molar-refractivity contribution in [2.24, 2.45) is 0 Å². The van der Waals surface area contributed by atoms with Crippen molar-refractivity contribution in [3.05, 3.63) is 22.2 Å². The molecule has 124 valence electrons. The first-order valence-corrected chi connectivity index (χ1v) is 9.45. The number of nitrogens with zero attached hydrogens (tertiary/aromatic N) is 2. The maximum atomic E-state index is 12.2. The number of rotatable bonds is 5. The fourth-order valence-corrected chi connectivity index (χ4v) is 3.76. The zero-order valence-corrected chi connectivity index (χ0v) is 15.1. The van der Waals surface area contributed by atoms with E-state index in [1.807, 2.05) is 13.0 Å². The standard InChI is InChI=1S/C15H17BrN2O4S/c1-2-21-13-8-11(9-17)7-12(16)15(13)22-10-14(19)18-3-5-23(20)6-4-18/h7-8H,2-6,10H2,1H3. The maximum Gasteiger partial charge on any atom is 0.260 e. The van der Waals surface area contributed by atoms with Crippen molar-refractivity contribution in [3.63, 3.8) is 0 Å². The highest BCUT2D eigenvalue weighted by molar-refractivity contribution is 9.10. The fourth-order valence-electron chi connectivity index (χ4n) is 2.15. The molecule has 0 bridgehead atoms. The summed E-state index contributed by atoms with van der Waals surface area (Å²) >= 11 is 3.34. The van der Waals surface area contributed by atoms with Crippen LogP contribution in [0.1, 0.15) is 12.5 Å². The van der Waals surface area contributed by atoms with Gasteiger partial charge in [-0.05, 0) is 28.9 Å². The molecule has 0 N–H and O–H groups in total. The van der Waals surface area contributed by atoms with E-state index in [9.17, 15) is 9.00 Å². The minimum Gasteiger partial charge on any atom is -0.490 e. The molecule has 6 nitrogen and oxygen atoms in total. The predicted octanol–water partition coefficient (Wildman–Crippen LogP) is 1.69. The highest BCUT2D eigenvalue weighted by Gasteiger charge is 2.21. The third-order valence-corrected chi connectivity index (χ3v) is 5.17. The highest BCUT2D eigenvalue weighted by atomic mass is 79.9. The van der Waals surface area contributed by atoms with E-state index in [4.69, 9.17) is 14.7 Å². The molecule has 1 aromatic rings. The lowest BCUT2D eigenvalue weighted by atomic mass is 10.2. The Hall–Kier alpha value is -1.59. The molecule has 8 heteroatoms. The summed E-state index contributed by atoms with van der Waals surface area (Å²) in [4.78, 5) is 13.8. The second-order valence-corrected chi connectivity index (χ2v) is 7.40. The maximum absolute atomic E-state index is 12.2. The Kier molecular flexibility index (Phi) is 6.42. The van der Waals surface area contributed by atoms with Gasteiger partial charge >= 0.3 is 0 Å². The highest BCUT2D eigenvalue weighted by Crippen LogP contribution is 2.36. The third kappa shape index (κ3) is 4.69. The number of amides is 1. The third-order valence-electron chi connectivity index (χ3n) is 3.31. The van der Waals surface area contributed by atoms with Crippen molar-refractivity contribution in [3.8, 4) is 17.6 Å². The lowest BCUT2D eigenvalue weighted by Crippen LogP contribution is -2.43. The molecule has 0 saturated carbocycles. The Morgan fingerprint density at radius 3 is 2.70 bits per heavy atom. The van der Waals surface area contributed by atoms with Crippen molar-refractivity contribution in [1.82, 2.24) is 4.90 Å². The predicted molar refractivity (Wildman–Crippen MR) is 90.0 cm³/mol. The Bertz CT molecular complexity index is 650.